The molecule has 1 rings (SSSR count). The molecular formula is C15H19F2NO5S. The van der Waals surface area contributed by atoms with Gasteiger partial charge in [-0.2, -0.15) is 8.78 Å². The zero-order valence-electron chi connectivity index (χ0n) is 13.2. The smallest absolute Gasteiger partial charge is 0.341 e. The van der Waals surface area contributed by atoms with E-state index in [1.165, 1.54) is 12.1 Å². The molecule has 6 nitrogen and oxygen atoms in total. The van der Waals surface area contributed by atoms with Gasteiger partial charge in [0.05, 0.1) is 11.3 Å². The van der Waals surface area contributed by atoms with E-state index in [0.29, 0.717) is 5.56 Å². The molecule has 134 valence electrons. The number of sulfone groups is 1. The van der Waals surface area contributed by atoms with E-state index < -0.39 is 38.4 Å². The first-order valence-electron chi connectivity index (χ1n) is 7.17. The number of carbonyl (C=O) groups is 2. The molecule has 1 amide bonds. The maximum absolute atomic E-state index is 12.4. The number of carboxylic acid groups (broad SMARTS) is 1. The van der Waals surface area contributed by atoms with E-state index in [-0.39, 0.29) is 18.8 Å². The Bertz CT molecular complexity index is 686. The maximum atomic E-state index is 12.4. The van der Waals surface area contributed by atoms with E-state index in [9.17, 15) is 26.8 Å². The van der Waals surface area contributed by atoms with Crippen LogP contribution in [0.15, 0.2) is 29.2 Å². The van der Waals surface area contributed by atoms with Crippen molar-refractivity contribution in [2.75, 3.05) is 0 Å². The molecule has 0 aliphatic carbocycles. The molecular weight excluding hydrogens is 344 g/mol. The lowest BCUT2D eigenvalue weighted by Gasteiger charge is -2.16. The summed E-state index contributed by atoms with van der Waals surface area (Å²) in [5, 5.41) is 11.4. The fraction of sp³-hybridized carbons (Fsp3) is 0.467. The molecule has 0 saturated heterocycles. The Morgan fingerprint density at radius 1 is 1.17 bits per heavy atom. The lowest BCUT2D eigenvalue weighted by molar-refractivity contribution is -0.142. The molecule has 0 radical (unpaired) electrons. The van der Waals surface area contributed by atoms with Gasteiger partial charge < -0.3 is 10.4 Å². The minimum Gasteiger partial charge on any atom is -0.480 e. The van der Waals surface area contributed by atoms with Crippen molar-refractivity contribution in [2.45, 2.75) is 43.4 Å². The molecule has 0 aliphatic rings. The number of carbonyl (C=O) groups excluding carboxylic acids is 1. The van der Waals surface area contributed by atoms with Crippen molar-refractivity contribution in [3.05, 3.63) is 29.8 Å². The minimum atomic E-state index is -4.68. The lowest BCUT2D eigenvalue weighted by Crippen LogP contribution is -2.42. The summed E-state index contributed by atoms with van der Waals surface area (Å²) in [4.78, 5) is 22.4. The van der Waals surface area contributed by atoms with Gasteiger partial charge in [-0.25, -0.2) is 13.2 Å². The Morgan fingerprint density at radius 2 is 1.71 bits per heavy atom. The van der Waals surface area contributed by atoms with Crippen molar-refractivity contribution < 1.29 is 31.9 Å². The lowest BCUT2D eigenvalue weighted by atomic mass is 10.0. The Labute approximate surface area is 138 Å². The van der Waals surface area contributed by atoms with E-state index in [1.54, 1.807) is 0 Å². The summed E-state index contributed by atoms with van der Waals surface area (Å²) in [6.07, 6.45) is 0.0868. The van der Waals surface area contributed by atoms with Gasteiger partial charge in [-0.05, 0) is 30.0 Å². The standard InChI is InChI=1S/C15H19F2NO5S/c1-9(2)7-12(14(20)21)18-13(19)8-10-3-5-11(6-4-10)24(22,23)15(16)17/h3-6,9,12,15H,7-8H2,1-2H3,(H,18,19)(H,20,21). The van der Waals surface area contributed by atoms with Crippen LogP contribution in [0, 0.1) is 5.92 Å². The number of hydrogen-bond donors (Lipinski definition) is 2. The predicted octanol–water partition coefficient (Wildman–Crippen LogP) is 1.84. The average molecular weight is 363 g/mol. The molecule has 0 fully saturated rings. The monoisotopic (exact) mass is 363 g/mol. The molecule has 0 bridgehead atoms. The summed E-state index contributed by atoms with van der Waals surface area (Å²) in [7, 11) is -4.68. The first-order chi connectivity index (χ1) is 11.0. The van der Waals surface area contributed by atoms with Crippen LogP contribution in [0.25, 0.3) is 0 Å². The topological polar surface area (TPSA) is 101 Å². The van der Waals surface area contributed by atoms with Crippen molar-refractivity contribution in [3.8, 4) is 0 Å². The van der Waals surface area contributed by atoms with E-state index in [4.69, 9.17) is 5.11 Å². The van der Waals surface area contributed by atoms with Crippen molar-refractivity contribution in [3.63, 3.8) is 0 Å². The van der Waals surface area contributed by atoms with Crippen LogP contribution in [0.3, 0.4) is 0 Å². The second-order valence-electron chi connectivity index (χ2n) is 5.71. The minimum absolute atomic E-state index is 0.0743. The Morgan fingerprint density at radius 3 is 2.12 bits per heavy atom. The predicted molar refractivity (Wildman–Crippen MR) is 82.4 cm³/mol. The molecule has 0 heterocycles. The van der Waals surface area contributed by atoms with Gasteiger partial charge in [-0.1, -0.05) is 26.0 Å². The third-order valence-corrected chi connectivity index (χ3v) is 4.59. The molecule has 9 heteroatoms. The normalized spacial score (nSPS) is 13.1. The third kappa shape index (κ3) is 5.55. The average Bonchev–Trinajstić information content (AvgIpc) is 2.46. The van der Waals surface area contributed by atoms with Gasteiger partial charge in [0, 0.05) is 0 Å². The van der Waals surface area contributed by atoms with Crippen molar-refractivity contribution in [1.82, 2.24) is 5.32 Å². The summed E-state index contributed by atoms with van der Waals surface area (Å²) in [6.45, 7) is 3.65. The Kier molecular flexibility index (Phi) is 6.82. The summed E-state index contributed by atoms with van der Waals surface area (Å²) >= 11 is 0. The van der Waals surface area contributed by atoms with Gasteiger partial charge in [0.25, 0.3) is 0 Å². The molecule has 1 atom stereocenters. The quantitative estimate of drug-likeness (QED) is 0.734. The summed E-state index contributed by atoms with van der Waals surface area (Å²) in [6, 6.07) is 3.45. The first kappa shape index (κ1) is 20.0. The van der Waals surface area contributed by atoms with Crippen LogP contribution in [0.5, 0.6) is 0 Å². The van der Waals surface area contributed by atoms with Crippen LogP contribution >= 0.6 is 0 Å². The SMILES string of the molecule is CC(C)CC(NC(=O)Cc1ccc(S(=O)(=O)C(F)F)cc1)C(=O)O. The number of nitrogens with one attached hydrogen (secondary N) is 1. The third-order valence-electron chi connectivity index (χ3n) is 3.19. The molecule has 0 saturated carbocycles. The number of halogens is 2. The largest absolute Gasteiger partial charge is 0.480 e. The van der Waals surface area contributed by atoms with E-state index in [2.05, 4.69) is 5.32 Å². The number of rotatable bonds is 8. The van der Waals surface area contributed by atoms with Crippen molar-refractivity contribution in [1.29, 1.82) is 0 Å². The summed E-state index contributed by atoms with van der Waals surface area (Å²) < 4.78 is 47.4. The number of hydrogen-bond acceptors (Lipinski definition) is 4. The molecule has 0 aliphatic heterocycles. The molecule has 1 unspecified atom stereocenters. The van der Waals surface area contributed by atoms with E-state index >= 15 is 0 Å². The molecule has 1 aromatic carbocycles. The highest BCUT2D eigenvalue weighted by Crippen LogP contribution is 2.18. The number of carboxylic acids is 1. The number of aliphatic carboxylic acids is 1. The number of alkyl halides is 2. The molecule has 24 heavy (non-hydrogen) atoms. The summed E-state index contributed by atoms with van der Waals surface area (Å²) in [5.74, 6) is -5.13. The Hall–Kier alpha value is -2.03. The van der Waals surface area contributed by atoms with Gasteiger partial charge in [0.15, 0.2) is 0 Å². The van der Waals surface area contributed by atoms with Crippen LogP contribution in [0.1, 0.15) is 25.8 Å². The fourth-order valence-electron chi connectivity index (χ4n) is 2.02. The van der Waals surface area contributed by atoms with Gasteiger partial charge in [0.2, 0.25) is 15.7 Å². The highest BCUT2D eigenvalue weighted by atomic mass is 32.2. The van der Waals surface area contributed by atoms with Gasteiger partial charge >= 0.3 is 11.7 Å². The van der Waals surface area contributed by atoms with Crippen LogP contribution in [-0.4, -0.2) is 37.2 Å². The molecule has 2 N–H and O–H groups in total. The molecule has 0 aromatic heterocycles. The van der Waals surface area contributed by atoms with Crippen LogP contribution in [-0.2, 0) is 25.8 Å². The number of benzene rings is 1. The van der Waals surface area contributed by atoms with Crippen LogP contribution < -0.4 is 5.32 Å². The fourth-order valence-corrected chi connectivity index (χ4v) is 2.74. The summed E-state index contributed by atoms with van der Waals surface area (Å²) in [5.41, 5.74) is 0.384. The van der Waals surface area contributed by atoms with Crippen molar-refractivity contribution in [2.24, 2.45) is 5.92 Å². The Balaban J connectivity index is 2.76. The second kappa shape index (κ2) is 8.18. The zero-order valence-corrected chi connectivity index (χ0v) is 14.0. The van der Waals surface area contributed by atoms with Crippen LogP contribution in [0.2, 0.25) is 0 Å². The van der Waals surface area contributed by atoms with Crippen molar-refractivity contribution >= 4 is 21.7 Å². The molecule has 1 aromatic rings. The maximum Gasteiger partial charge on any atom is 0.341 e. The molecule has 0 spiro atoms. The second-order valence-corrected chi connectivity index (χ2v) is 7.63. The first-order valence-corrected chi connectivity index (χ1v) is 8.71. The van der Waals surface area contributed by atoms with Crippen LogP contribution in [0.4, 0.5) is 8.78 Å². The number of amides is 1. The van der Waals surface area contributed by atoms with Gasteiger partial charge in [0.1, 0.15) is 6.04 Å². The van der Waals surface area contributed by atoms with E-state index in [0.717, 1.165) is 12.1 Å². The van der Waals surface area contributed by atoms with Gasteiger partial charge in [-0.15, -0.1) is 0 Å². The highest BCUT2D eigenvalue weighted by molar-refractivity contribution is 7.91. The zero-order chi connectivity index (χ0) is 18.5. The highest BCUT2D eigenvalue weighted by Gasteiger charge is 2.26. The van der Waals surface area contributed by atoms with Gasteiger partial charge in [-0.3, -0.25) is 4.79 Å². The van der Waals surface area contributed by atoms with E-state index in [1.807, 2.05) is 13.8 Å².